The number of pyridine rings is 1. The molecule has 0 spiro atoms. The molecule has 1 fully saturated rings. The van der Waals surface area contributed by atoms with E-state index in [0.29, 0.717) is 18.7 Å². The summed E-state index contributed by atoms with van der Waals surface area (Å²) in [5, 5.41) is 0. The van der Waals surface area contributed by atoms with Crippen molar-refractivity contribution in [3.05, 3.63) is 59.7 Å². The Labute approximate surface area is 158 Å². The summed E-state index contributed by atoms with van der Waals surface area (Å²) in [7, 11) is 3.98. The maximum Gasteiger partial charge on any atom is 0.239 e. The lowest BCUT2D eigenvalue weighted by atomic mass is 10.1. The fourth-order valence-electron chi connectivity index (χ4n) is 3.42. The van der Waals surface area contributed by atoms with Crippen LogP contribution in [0.15, 0.2) is 42.6 Å². The lowest BCUT2D eigenvalue weighted by Crippen LogP contribution is -2.37. The molecule has 27 heavy (non-hydrogen) atoms. The van der Waals surface area contributed by atoms with E-state index in [4.69, 9.17) is 10.5 Å². The molecule has 2 unspecified atom stereocenters. The van der Waals surface area contributed by atoms with Gasteiger partial charge in [0.15, 0.2) is 0 Å². The zero-order valence-corrected chi connectivity index (χ0v) is 15.6. The number of amides is 1. The Morgan fingerprint density at radius 1 is 1.37 bits per heavy atom. The largest absolute Gasteiger partial charge is 0.489 e. The maximum atomic E-state index is 13.2. The third-order valence-corrected chi connectivity index (χ3v) is 4.57. The van der Waals surface area contributed by atoms with Crippen LogP contribution in [0.5, 0.6) is 5.75 Å². The van der Waals surface area contributed by atoms with E-state index >= 15 is 0 Å². The fraction of sp³-hybridized carbons (Fsp3) is 0.400. The van der Waals surface area contributed by atoms with E-state index in [0.717, 1.165) is 24.4 Å². The van der Waals surface area contributed by atoms with Crippen molar-refractivity contribution in [2.75, 3.05) is 27.2 Å². The van der Waals surface area contributed by atoms with Crippen LogP contribution in [0, 0.1) is 5.82 Å². The fourth-order valence-corrected chi connectivity index (χ4v) is 3.42. The minimum Gasteiger partial charge on any atom is -0.489 e. The number of halogens is 1. The molecule has 0 radical (unpaired) electrons. The third-order valence-electron chi connectivity index (χ3n) is 4.57. The molecule has 1 aromatic heterocycles. The number of nitrogens with zero attached hydrogens (tertiary/aromatic N) is 3. The number of ether oxygens (including phenoxy) is 1. The number of carbonyl (C=O) groups is 1. The highest BCUT2D eigenvalue weighted by Crippen LogP contribution is 2.27. The molecule has 0 bridgehead atoms. The third kappa shape index (κ3) is 5.02. The highest BCUT2D eigenvalue weighted by atomic mass is 19.1. The average molecular weight is 372 g/mol. The minimum absolute atomic E-state index is 0.0399. The van der Waals surface area contributed by atoms with Gasteiger partial charge < -0.3 is 15.4 Å². The first-order valence-electron chi connectivity index (χ1n) is 8.97. The maximum absolute atomic E-state index is 13.2. The first-order valence-corrected chi connectivity index (χ1v) is 8.97. The first-order chi connectivity index (χ1) is 12.9. The average Bonchev–Trinajstić information content (AvgIpc) is 3.04. The van der Waals surface area contributed by atoms with Crippen molar-refractivity contribution in [1.82, 2.24) is 14.8 Å². The predicted molar refractivity (Wildman–Crippen MR) is 101 cm³/mol. The van der Waals surface area contributed by atoms with Crippen molar-refractivity contribution in [2.24, 2.45) is 5.73 Å². The molecule has 1 amide bonds. The zero-order chi connectivity index (χ0) is 19.4. The van der Waals surface area contributed by atoms with Crippen molar-refractivity contribution in [3.8, 4) is 5.75 Å². The van der Waals surface area contributed by atoms with Gasteiger partial charge in [0.2, 0.25) is 5.91 Å². The van der Waals surface area contributed by atoms with E-state index in [1.165, 1.54) is 12.1 Å². The van der Waals surface area contributed by atoms with Crippen LogP contribution in [0.25, 0.3) is 0 Å². The first kappa shape index (κ1) is 19.3. The second-order valence-electron chi connectivity index (χ2n) is 7.10. The summed E-state index contributed by atoms with van der Waals surface area (Å²) in [6, 6.07) is 9.10. The molecule has 2 atom stereocenters. The summed E-state index contributed by atoms with van der Waals surface area (Å²) in [5.74, 6) is -0.0126. The molecule has 2 aromatic rings. The van der Waals surface area contributed by atoms with Gasteiger partial charge in [-0.15, -0.1) is 0 Å². The lowest BCUT2D eigenvalue weighted by Gasteiger charge is -2.25. The standard InChI is InChI=1S/C20H25FN4O2/c1-24(2)12-16-11-17(7-9-23-16)27-18-8-10-25(13-18)19(20(22)26)14-3-5-15(21)6-4-14/h3-7,9,11,18-19H,8,10,12-13H2,1-2H3,(H2,22,26). The molecule has 144 valence electrons. The predicted octanol–water partition coefficient (Wildman–Crippen LogP) is 1.96. The van der Waals surface area contributed by atoms with Crippen LogP contribution < -0.4 is 10.5 Å². The Balaban J connectivity index is 1.66. The number of rotatable bonds is 7. The monoisotopic (exact) mass is 372 g/mol. The summed E-state index contributed by atoms with van der Waals surface area (Å²) < 4.78 is 19.3. The lowest BCUT2D eigenvalue weighted by molar-refractivity contribution is -0.123. The Kier molecular flexibility index (Phi) is 6.03. The van der Waals surface area contributed by atoms with Crippen molar-refractivity contribution in [1.29, 1.82) is 0 Å². The summed E-state index contributed by atoms with van der Waals surface area (Å²) in [6.07, 6.45) is 2.49. The minimum atomic E-state index is -0.582. The summed E-state index contributed by atoms with van der Waals surface area (Å²) >= 11 is 0. The van der Waals surface area contributed by atoms with Gasteiger partial charge in [0.05, 0.1) is 5.69 Å². The van der Waals surface area contributed by atoms with Crippen molar-refractivity contribution in [3.63, 3.8) is 0 Å². The Morgan fingerprint density at radius 3 is 2.78 bits per heavy atom. The Hall–Kier alpha value is -2.51. The normalized spacial score (nSPS) is 18.6. The summed E-state index contributed by atoms with van der Waals surface area (Å²) in [5.41, 5.74) is 7.26. The molecule has 0 saturated carbocycles. The molecule has 3 rings (SSSR count). The van der Waals surface area contributed by atoms with E-state index in [2.05, 4.69) is 4.98 Å². The molecule has 6 nitrogen and oxygen atoms in total. The van der Waals surface area contributed by atoms with Gasteiger partial charge in [-0.3, -0.25) is 14.7 Å². The molecular formula is C20H25FN4O2. The van der Waals surface area contributed by atoms with Crippen molar-refractivity contribution < 1.29 is 13.9 Å². The topological polar surface area (TPSA) is 71.7 Å². The van der Waals surface area contributed by atoms with Crippen LogP contribution in [0.4, 0.5) is 4.39 Å². The van der Waals surface area contributed by atoms with Gasteiger partial charge in [0.1, 0.15) is 23.7 Å². The molecule has 1 saturated heterocycles. The number of carbonyl (C=O) groups excluding carboxylic acids is 1. The molecule has 7 heteroatoms. The molecule has 0 aliphatic carbocycles. The van der Waals surface area contributed by atoms with E-state index < -0.39 is 11.9 Å². The van der Waals surface area contributed by atoms with Gasteiger partial charge in [0.25, 0.3) is 0 Å². The molecule has 2 N–H and O–H groups in total. The Morgan fingerprint density at radius 2 is 2.11 bits per heavy atom. The van der Waals surface area contributed by atoms with Gasteiger partial charge in [-0.2, -0.15) is 0 Å². The van der Waals surface area contributed by atoms with Crippen molar-refractivity contribution in [2.45, 2.75) is 25.1 Å². The highest BCUT2D eigenvalue weighted by Gasteiger charge is 2.33. The Bertz CT molecular complexity index is 782. The van der Waals surface area contributed by atoms with Gasteiger partial charge >= 0.3 is 0 Å². The second-order valence-corrected chi connectivity index (χ2v) is 7.10. The van der Waals surface area contributed by atoms with E-state index in [9.17, 15) is 9.18 Å². The quantitative estimate of drug-likeness (QED) is 0.805. The molecule has 2 heterocycles. The number of aromatic nitrogens is 1. The number of likely N-dealkylation sites (tertiary alicyclic amines) is 1. The van der Waals surface area contributed by atoms with E-state index in [1.807, 2.05) is 36.0 Å². The highest BCUT2D eigenvalue weighted by molar-refractivity contribution is 5.81. The van der Waals surface area contributed by atoms with Crippen LogP contribution in [-0.4, -0.2) is 54.0 Å². The number of primary amides is 1. The SMILES string of the molecule is CN(C)Cc1cc(OC2CCN(C(C(N)=O)c3ccc(F)cc3)C2)ccn1. The van der Waals surface area contributed by atoms with Crippen LogP contribution in [0.3, 0.4) is 0 Å². The van der Waals surface area contributed by atoms with Gasteiger partial charge in [-0.1, -0.05) is 12.1 Å². The van der Waals surface area contributed by atoms with Crippen LogP contribution >= 0.6 is 0 Å². The number of nitrogens with two attached hydrogens (primary N) is 1. The number of benzene rings is 1. The van der Waals surface area contributed by atoms with Crippen LogP contribution in [-0.2, 0) is 11.3 Å². The van der Waals surface area contributed by atoms with Gasteiger partial charge in [-0.05, 0) is 44.3 Å². The smallest absolute Gasteiger partial charge is 0.239 e. The summed E-state index contributed by atoms with van der Waals surface area (Å²) in [4.78, 5) is 20.4. The molecule has 1 aliphatic heterocycles. The number of hydrogen-bond acceptors (Lipinski definition) is 5. The van der Waals surface area contributed by atoms with Crippen molar-refractivity contribution >= 4 is 5.91 Å². The zero-order valence-electron chi connectivity index (χ0n) is 15.6. The molecule has 1 aliphatic rings. The van der Waals surface area contributed by atoms with Gasteiger partial charge in [-0.25, -0.2) is 4.39 Å². The summed E-state index contributed by atoms with van der Waals surface area (Å²) in [6.45, 7) is 2.00. The van der Waals surface area contributed by atoms with E-state index in [1.54, 1.807) is 18.3 Å². The van der Waals surface area contributed by atoms with Gasteiger partial charge in [0, 0.05) is 31.9 Å². The van der Waals surface area contributed by atoms with Crippen LogP contribution in [0.2, 0.25) is 0 Å². The second kappa shape index (κ2) is 8.45. The molecule has 1 aromatic carbocycles. The number of hydrogen-bond donors (Lipinski definition) is 1. The molecular weight excluding hydrogens is 347 g/mol. The van der Waals surface area contributed by atoms with E-state index in [-0.39, 0.29) is 11.9 Å². The van der Waals surface area contributed by atoms with Crippen LogP contribution in [0.1, 0.15) is 23.7 Å².